The van der Waals surface area contributed by atoms with Gasteiger partial charge < -0.3 is 4.57 Å². The SMILES string of the molecule is Cc1cc2c(c(C)n1)c1ccccc1n2C. The third-order valence-electron chi connectivity index (χ3n) is 3.20. The van der Waals surface area contributed by atoms with Crippen molar-refractivity contribution in [3.05, 3.63) is 41.7 Å². The number of aryl methyl sites for hydroxylation is 3. The molecule has 0 N–H and O–H groups in total. The topological polar surface area (TPSA) is 17.8 Å². The Labute approximate surface area is 94.5 Å². The van der Waals surface area contributed by atoms with Gasteiger partial charge in [-0.05, 0) is 26.0 Å². The molecule has 2 heterocycles. The minimum absolute atomic E-state index is 1.08. The van der Waals surface area contributed by atoms with Gasteiger partial charge in [-0.2, -0.15) is 0 Å². The summed E-state index contributed by atoms with van der Waals surface area (Å²) in [4.78, 5) is 4.55. The molecule has 0 radical (unpaired) electrons. The third kappa shape index (κ3) is 1.10. The van der Waals surface area contributed by atoms with Gasteiger partial charge in [-0.15, -0.1) is 0 Å². The molecule has 0 unspecified atom stereocenters. The summed E-state index contributed by atoms with van der Waals surface area (Å²) in [5.41, 5.74) is 4.74. The molecule has 0 amide bonds. The number of pyridine rings is 1. The van der Waals surface area contributed by atoms with E-state index in [2.05, 4.69) is 53.9 Å². The van der Waals surface area contributed by atoms with Crippen LogP contribution in [0.1, 0.15) is 11.4 Å². The highest BCUT2D eigenvalue weighted by Gasteiger charge is 2.10. The van der Waals surface area contributed by atoms with Crippen molar-refractivity contribution in [2.24, 2.45) is 7.05 Å². The van der Waals surface area contributed by atoms with Crippen molar-refractivity contribution in [2.45, 2.75) is 13.8 Å². The van der Waals surface area contributed by atoms with Gasteiger partial charge in [0, 0.05) is 34.7 Å². The van der Waals surface area contributed by atoms with Crippen LogP contribution >= 0.6 is 0 Å². The lowest BCUT2D eigenvalue weighted by Gasteiger charge is -2.00. The van der Waals surface area contributed by atoms with E-state index in [1.54, 1.807) is 0 Å². The van der Waals surface area contributed by atoms with Gasteiger partial charge in [0.25, 0.3) is 0 Å². The Morgan fingerprint density at radius 1 is 1.06 bits per heavy atom. The lowest BCUT2D eigenvalue weighted by molar-refractivity contribution is 1.01. The summed E-state index contributed by atoms with van der Waals surface area (Å²) in [6.45, 7) is 4.13. The number of benzene rings is 1. The van der Waals surface area contributed by atoms with E-state index in [4.69, 9.17) is 0 Å². The molecule has 0 fully saturated rings. The van der Waals surface area contributed by atoms with Crippen molar-refractivity contribution in [1.82, 2.24) is 9.55 Å². The normalized spacial score (nSPS) is 11.4. The summed E-state index contributed by atoms with van der Waals surface area (Å²) in [7, 11) is 2.11. The number of fused-ring (bicyclic) bond motifs is 3. The molecule has 2 heteroatoms. The third-order valence-corrected chi connectivity index (χ3v) is 3.20. The molecular formula is C14H14N2. The largest absolute Gasteiger partial charge is 0.344 e. The highest BCUT2D eigenvalue weighted by Crippen LogP contribution is 2.29. The van der Waals surface area contributed by atoms with Gasteiger partial charge in [-0.1, -0.05) is 18.2 Å². The first kappa shape index (κ1) is 9.40. The molecule has 0 atom stereocenters. The number of rotatable bonds is 0. The number of hydrogen-bond donors (Lipinski definition) is 0. The van der Waals surface area contributed by atoms with E-state index in [1.165, 1.54) is 21.8 Å². The van der Waals surface area contributed by atoms with Crippen molar-refractivity contribution < 1.29 is 0 Å². The Hall–Kier alpha value is -1.83. The smallest absolute Gasteiger partial charge is 0.0525 e. The van der Waals surface area contributed by atoms with Crippen molar-refractivity contribution in [2.75, 3.05) is 0 Å². The lowest BCUT2D eigenvalue weighted by Crippen LogP contribution is -1.90. The van der Waals surface area contributed by atoms with Crippen LogP contribution in [-0.4, -0.2) is 9.55 Å². The molecule has 0 aliphatic heterocycles. The summed E-state index contributed by atoms with van der Waals surface area (Å²) in [6.07, 6.45) is 0. The number of para-hydroxylation sites is 1. The van der Waals surface area contributed by atoms with Crippen LogP contribution < -0.4 is 0 Å². The van der Waals surface area contributed by atoms with Crippen LogP contribution in [-0.2, 0) is 7.05 Å². The van der Waals surface area contributed by atoms with E-state index in [0.717, 1.165) is 11.4 Å². The maximum absolute atomic E-state index is 4.55. The average molecular weight is 210 g/mol. The van der Waals surface area contributed by atoms with Crippen LogP contribution in [0.25, 0.3) is 21.8 Å². The predicted octanol–water partition coefficient (Wildman–Crippen LogP) is 3.34. The molecule has 0 aliphatic carbocycles. The fourth-order valence-electron chi connectivity index (χ4n) is 2.51. The minimum Gasteiger partial charge on any atom is -0.344 e. The zero-order valence-corrected chi connectivity index (χ0v) is 9.78. The summed E-state index contributed by atoms with van der Waals surface area (Å²) < 4.78 is 2.24. The molecule has 0 aliphatic rings. The lowest BCUT2D eigenvalue weighted by atomic mass is 10.1. The van der Waals surface area contributed by atoms with Crippen LogP contribution in [0.3, 0.4) is 0 Å². The first-order valence-corrected chi connectivity index (χ1v) is 5.50. The van der Waals surface area contributed by atoms with E-state index >= 15 is 0 Å². The fraction of sp³-hybridized carbons (Fsp3) is 0.214. The summed E-state index contributed by atoms with van der Waals surface area (Å²) in [6, 6.07) is 10.6. The molecule has 2 nitrogen and oxygen atoms in total. The zero-order valence-electron chi connectivity index (χ0n) is 9.78. The van der Waals surface area contributed by atoms with Crippen LogP contribution in [0.4, 0.5) is 0 Å². The molecule has 0 bridgehead atoms. The summed E-state index contributed by atoms with van der Waals surface area (Å²) in [5.74, 6) is 0. The Kier molecular flexibility index (Phi) is 1.81. The standard InChI is InChI=1S/C14H14N2/c1-9-8-13-14(10(2)15-9)11-6-4-5-7-12(11)16(13)3/h4-8H,1-3H3. The predicted molar refractivity (Wildman–Crippen MR) is 67.7 cm³/mol. The monoisotopic (exact) mass is 210 g/mol. The number of aromatic nitrogens is 2. The summed E-state index contributed by atoms with van der Waals surface area (Å²) in [5, 5.41) is 2.58. The molecular weight excluding hydrogens is 196 g/mol. The van der Waals surface area contributed by atoms with Gasteiger partial charge in [0.05, 0.1) is 5.52 Å². The molecule has 3 aromatic rings. The van der Waals surface area contributed by atoms with Crippen LogP contribution in [0.5, 0.6) is 0 Å². The van der Waals surface area contributed by atoms with E-state index in [1.807, 2.05) is 6.92 Å². The van der Waals surface area contributed by atoms with Gasteiger partial charge in [-0.25, -0.2) is 0 Å². The second kappa shape index (κ2) is 3.08. The maximum Gasteiger partial charge on any atom is 0.0525 e. The van der Waals surface area contributed by atoms with E-state index < -0.39 is 0 Å². The first-order chi connectivity index (χ1) is 7.68. The molecule has 2 aromatic heterocycles. The van der Waals surface area contributed by atoms with Crippen LogP contribution in [0.15, 0.2) is 30.3 Å². The highest BCUT2D eigenvalue weighted by atomic mass is 14.9. The van der Waals surface area contributed by atoms with Gasteiger partial charge in [0.15, 0.2) is 0 Å². The van der Waals surface area contributed by atoms with Crippen molar-refractivity contribution >= 4 is 21.8 Å². The van der Waals surface area contributed by atoms with Crippen molar-refractivity contribution in [3.8, 4) is 0 Å². The van der Waals surface area contributed by atoms with Gasteiger partial charge in [-0.3, -0.25) is 4.98 Å². The Balaban J connectivity index is 2.67. The molecule has 0 saturated carbocycles. The van der Waals surface area contributed by atoms with Crippen molar-refractivity contribution in [3.63, 3.8) is 0 Å². The molecule has 3 rings (SSSR count). The Morgan fingerprint density at radius 3 is 2.62 bits per heavy atom. The van der Waals surface area contributed by atoms with Crippen LogP contribution in [0, 0.1) is 13.8 Å². The van der Waals surface area contributed by atoms with Crippen molar-refractivity contribution in [1.29, 1.82) is 0 Å². The number of nitrogens with zero attached hydrogens (tertiary/aromatic N) is 2. The molecule has 1 aromatic carbocycles. The second-order valence-electron chi connectivity index (χ2n) is 4.32. The van der Waals surface area contributed by atoms with E-state index in [9.17, 15) is 0 Å². The van der Waals surface area contributed by atoms with Gasteiger partial charge in [0.2, 0.25) is 0 Å². The molecule has 16 heavy (non-hydrogen) atoms. The maximum atomic E-state index is 4.55. The Bertz CT molecular complexity index is 693. The average Bonchev–Trinajstić information content (AvgIpc) is 2.54. The van der Waals surface area contributed by atoms with Crippen LogP contribution in [0.2, 0.25) is 0 Å². The molecule has 80 valence electrons. The zero-order chi connectivity index (χ0) is 11.3. The molecule has 0 spiro atoms. The second-order valence-corrected chi connectivity index (χ2v) is 4.32. The number of hydrogen-bond acceptors (Lipinski definition) is 1. The fourth-order valence-corrected chi connectivity index (χ4v) is 2.51. The van der Waals surface area contributed by atoms with E-state index in [-0.39, 0.29) is 0 Å². The Morgan fingerprint density at radius 2 is 1.81 bits per heavy atom. The van der Waals surface area contributed by atoms with Gasteiger partial charge in [0.1, 0.15) is 0 Å². The minimum atomic E-state index is 1.08. The van der Waals surface area contributed by atoms with E-state index in [0.29, 0.717) is 0 Å². The highest BCUT2D eigenvalue weighted by molar-refractivity contribution is 6.09. The van der Waals surface area contributed by atoms with Gasteiger partial charge >= 0.3 is 0 Å². The first-order valence-electron chi connectivity index (χ1n) is 5.50. The molecule has 0 saturated heterocycles. The summed E-state index contributed by atoms with van der Waals surface area (Å²) >= 11 is 0. The quantitative estimate of drug-likeness (QED) is 0.556.